The SMILES string of the molecule is COC(=O)c1ccc2c(c1)CN(c1nc(N)c3cc(OC)c(OC)cc3n1)C2. The van der Waals surface area contributed by atoms with Crippen LogP contribution in [-0.2, 0) is 17.8 Å². The van der Waals surface area contributed by atoms with E-state index in [0.717, 1.165) is 11.1 Å². The smallest absolute Gasteiger partial charge is 0.337 e. The van der Waals surface area contributed by atoms with E-state index in [-0.39, 0.29) is 5.97 Å². The molecule has 8 nitrogen and oxygen atoms in total. The number of benzene rings is 2. The van der Waals surface area contributed by atoms with Crippen LogP contribution in [0.15, 0.2) is 30.3 Å². The number of carbonyl (C=O) groups is 1. The molecule has 0 spiro atoms. The molecule has 1 aliphatic rings. The molecule has 0 saturated heterocycles. The predicted molar refractivity (Wildman–Crippen MR) is 105 cm³/mol. The Labute approximate surface area is 161 Å². The Morgan fingerprint density at radius 3 is 2.43 bits per heavy atom. The highest BCUT2D eigenvalue weighted by Gasteiger charge is 2.24. The van der Waals surface area contributed by atoms with E-state index >= 15 is 0 Å². The Bertz CT molecular complexity index is 1080. The molecule has 28 heavy (non-hydrogen) atoms. The van der Waals surface area contributed by atoms with Gasteiger partial charge < -0.3 is 24.8 Å². The number of methoxy groups -OCH3 is 3. The molecule has 2 N–H and O–H groups in total. The second kappa shape index (κ2) is 6.88. The molecular weight excluding hydrogens is 360 g/mol. The van der Waals surface area contributed by atoms with Gasteiger partial charge in [-0.25, -0.2) is 9.78 Å². The van der Waals surface area contributed by atoms with Crippen molar-refractivity contribution < 1.29 is 19.0 Å². The third-order valence-corrected chi connectivity index (χ3v) is 4.85. The summed E-state index contributed by atoms with van der Waals surface area (Å²) in [6.45, 7) is 1.22. The lowest BCUT2D eigenvalue weighted by Gasteiger charge is -2.17. The van der Waals surface area contributed by atoms with Crippen LogP contribution in [-0.4, -0.2) is 37.3 Å². The van der Waals surface area contributed by atoms with Crippen LogP contribution < -0.4 is 20.1 Å². The highest BCUT2D eigenvalue weighted by Crippen LogP contribution is 2.35. The van der Waals surface area contributed by atoms with Crippen molar-refractivity contribution in [3.63, 3.8) is 0 Å². The standard InChI is InChI=1S/C20H20N4O4/c1-26-16-7-14-15(8-17(16)27-2)22-20(23-18(14)21)24-9-12-5-4-11(19(25)28-3)6-13(12)10-24/h4-8H,9-10H2,1-3H3,(H2,21,22,23). The molecule has 0 amide bonds. The van der Waals surface area contributed by atoms with Gasteiger partial charge >= 0.3 is 5.97 Å². The first-order valence-electron chi connectivity index (χ1n) is 8.68. The van der Waals surface area contributed by atoms with E-state index < -0.39 is 0 Å². The number of hydrogen-bond acceptors (Lipinski definition) is 8. The Kier molecular flexibility index (Phi) is 4.38. The molecule has 2 heterocycles. The monoisotopic (exact) mass is 380 g/mol. The normalized spacial score (nSPS) is 12.8. The third-order valence-electron chi connectivity index (χ3n) is 4.85. The summed E-state index contributed by atoms with van der Waals surface area (Å²) in [6.07, 6.45) is 0. The third kappa shape index (κ3) is 2.92. The maximum absolute atomic E-state index is 11.8. The van der Waals surface area contributed by atoms with Gasteiger partial charge in [0.15, 0.2) is 11.5 Å². The van der Waals surface area contributed by atoms with E-state index in [1.807, 2.05) is 17.0 Å². The molecule has 0 aliphatic carbocycles. The van der Waals surface area contributed by atoms with Gasteiger partial charge in [-0.3, -0.25) is 0 Å². The summed E-state index contributed by atoms with van der Waals surface area (Å²) >= 11 is 0. The summed E-state index contributed by atoms with van der Waals surface area (Å²) in [5.41, 5.74) is 9.54. The van der Waals surface area contributed by atoms with Crippen molar-refractivity contribution in [3.8, 4) is 11.5 Å². The van der Waals surface area contributed by atoms with Crippen molar-refractivity contribution >= 4 is 28.6 Å². The van der Waals surface area contributed by atoms with E-state index in [1.54, 1.807) is 32.4 Å². The van der Waals surface area contributed by atoms with Gasteiger partial charge in [-0.2, -0.15) is 4.98 Å². The Morgan fingerprint density at radius 2 is 1.71 bits per heavy atom. The van der Waals surface area contributed by atoms with Crippen molar-refractivity contribution in [1.82, 2.24) is 9.97 Å². The first-order valence-corrected chi connectivity index (χ1v) is 8.68. The number of fused-ring (bicyclic) bond motifs is 2. The Balaban J connectivity index is 1.70. The van der Waals surface area contributed by atoms with Gasteiger partial charge in [-0.15, -0.1) is 0 Å². The maximum atomic E-state index is 11.8. The zero-order valence-corrected chi connectivity index (χ0v) is 15.9. The van der Waals surface area contributed by atoms with Crippen molar-refractivity contribution in [2.24, 2.45) is 0 Å². The number of esters is 1. The van der Waals surface area contributed by atoms with Gasteiger partial charge in [0.1, 0.15) is 5.82 Å². The topological polar surface area (TPSA) is 99.8 Å². The molecule has 0 atom stereocenters. The lowest BCUT2D eigenvalue weighted by Crippen LogP contribution is -2.18. The van der Waals surface area contributed by atoms with Crippen molar-refractivity contribution in [1.29, 1.82) is 0 Å². The van der Waals surface area contributed by atoms with Crippen LogP contribution in [0.2, 0.25) is 0 Å². The van der Waals surface area contributed by atoms with Crippen LogP contribution in [0, 0.1) is 0 Å². The van der Waals surface area contributed by atoms with E-state index in [4.69, 9.17) is 19.9 Å². The van der Waals surface area contributed by atoms with Crippen LogP contribution in [0.25, 0.3) is 10.9 Å². The first kappa shape index (κ1) is 17.8. The fourth-order valence-corrected chi connectivity index (χ4v) is 3.39. The van der Waals surface area contributed by atoms with Gasteiger partial charge in [-0.1, -0.05) is 6.07 Å². The number of rotatable bonds is 4. The number of nitrogens with two attached hydrogens (primary N) is 1. The molecule has 0 unspecified atom stereocenters. The number of ether oxygens (including phenoxy) is 3. The summed E-state index contributed by atoms with van der Waals surface area (Å²) < 4.78 is 15.5. The number of aromatic nitrogens is 2. The fraction of sp³-hybridized carbons (Fsp3) is 0.250. The number of carbonyl (C=O) groups excluding carboxylic acids is 1. The zero-order chi connectivity index (χ0) is 19.8. The molecule has 8 heteroatoms. The fourth-order valence-electron chi connectivity index (χ4n) is 3.39. The van der Waals surface area contributed by atoms with Gasteiger partial charge in [-0.05, 0) is 29.3 Å². The highest BCUT2D eigenvalue weighted by molar-refractivity contribution is 5.92. The van der Waals surface area contributed by atoms with Crippen molar-refractivity contribution in [3.05, 3.63) is 47.0 Å². The molecule has 0 radical (unpaired) electrons. The molecule has 2 aromatic carbocycles. The molecule has 0 bridgehead atoms. The molecule has 1 aromatic heterocycles. The van der Waals surface area contributed by atoms with Crippen molar-refractivity contribution in [2.45, 2.75) is 13.1 Å². The average Bonchev–Trinajstić information content (AvgIpc) is 3.15. The van der Waals surface area contributed by atoms with E-state index in [0.29, 0.717) is 52.8 Å². The van der Waals surface area contributed by atoms with Crippen LogP contribution in [0.1, 0.15) is 21.5 Å². The van der Waals surface area contributed by atoms with Gasteiger partial charge in [0.05, 0.1) is 32.4 Å². The maximum Gasteiger partial charge on any atom is 0.337 e. The molecule has 0 saturated carbocycles. The van der Waals surface area contributed by atoms with Crippen LogP contribution in [0.5, 0.6) is 11.5 Å². The largest absolute Gasteiger partial charge is 0.493 e. The summed E-state index contributed by atoms with van der Waals surface area (Å²) in [5.74, 6) is 1.68. The Hall–Kier alpha value is -3.55. The van der Waals surface area contributed by atoms with Gasteiger partial charge in [0.25, 0.3) is 0 Å². The molecule has 3 aromatic rings. The summed E-state index contributed by atoms with van der Waals surface area (Å²) in [5, 5.41) is 0.700. The van der Waals surface area contributed by atoms with Crippen LogP contribution >= 0.6 is 0 Å². The number of anilines is 2. The van der Waals surface area contributed by atoms with Gasteiger partial charge in [0, 0.05) is 24.5 Å². The van der Waals surface area contributed by atoms with Gasteiger partial charge in [0.2, 0.25) is 5.95 Å². The lowest BCUT2D eigenvalue weighted by atomic mass is 10.1. The highest BCUT2D eigenvalue weighted by atomic mass is 16.5. The quantitative estimate of drug-likeness (QED) is 0.689. The predicted octanol–water partition coefficient (Wildman–Crippen LogP) is 2.54. The first-order chi connectivity index (χ1) is 13.5. The van der Waals surface area contributed by atoms with Crippen LogP contribution in [0.3, 0.4) is 0 Å². The van der Waals surface area contributed by atoms with Crippen molar-refractivity contribution in [2.75, 3.05) is 32.0 Å². The second-order valence-corrected chi connectivity index (χ2v) is 6.46. The Morgan fingerprint density at radius 1 is 1.00 bits per heavy atom. The van der Waals surface area contributed by atoms with E-state index in [9.17, 15) is 4.79 Å². The van der Waals surface area contributed by atoms with E-state index in [2.05, 4.69) is 9.97 Å². The molecule has 144 valence electrons. The van der Waals surface area contributed by atoms with Crippen LogP contribution in [0.4, 0.5) is 11.8 Å². The molecule has 1 aliphatic heterocycles. The second-order valence-electron chi connectivity index (χ2n) is 6.46. The number of nitrogens with zero attached hydrogens (tertiary/aromatic N) is 3. The molecule has 0 fully saturated rings. The number of hydrogen-bond donors (Lipinski definition) is 1. The summed E-state index contributed by atoms with van der Waals surface area (Å²) in [6, 6.07) is 9.10. The minimum atomic E-state index is -0.353. The summed E-state index contributed by atoms with van der Waals surface area (Å²) in [7, 11) is 4.51. The minimum Gasteiger partial charge on any atom is -0.493 e. The molecule has 4 rings (SSSR count). The lowest BCUT2D eigenvalue weighted by molar-refractivity contribution is 0.0600. The summed E-state index contributed by atoms with van der Waals surface area (Å²) in [4.78, 5) is 22.9. The molecular formula is C20H20N4O4. The average molecular weight is 380 g/mol. The number of nitrogen functional groups attached to an aromatic ring is 1. The zero-order valence-electron chi connectivity index (χ0n) is 15.9. The minimum absolute atomic E-state index is 0.353. The van der Waals surface area contributed by atoms with E-state index in [1.165, 1.54) is 7.11 Å².